The lowest BCUT2D eigenvalue weighted by molar-refractivity contribution is -0.141. The second-order valence-electron chi connectivity index (χ2n) is 6.66. The molecule has 2 atom stereocenters. The first-order valence-electron chi connectivity index (χ1n) is 8.52. The van der Waals surface area contributed by atoms with Gasteiger partial charge in [-0.05, 0) is 31.4 Å². The second kappa shape index (κ2) is 6.24. The molecule has 1 heterocycles. The van der Waals surface area contributed by atoms with E-state index in [0.29, 0.717) is 30.8 Å². The number of carbonyl (C=O) groups is 2. The zero-order chi connectivity index (χ0) is 17.4. The maximum Gasteiger partial charge on any atom is 0.306 e. The number of nitrogens with one attached hydrogen (secondary N) is 1. The van der Waals surface area contributed by atoms with Gasteiger partial charge in [0.25, 0.3) is 0 Å². The van der Waals surface area contributed by atoms with Crippen LogP contribution in [-0.4, -0.2) is 23.0 Å². The predicted molar refractivity (Wildman–Crippen MR) is 91.7 cm³/mol. The lowest BCUT2D eigenvalue weighted by atomic mass is 9.87. The highest BCUT2D eigenvalue weighted by Gasteiger charge is 2.36. The number of para-hydroxylation sites is 2. The summed E-state index contributed by atoms with van der Waals surface area (Å²) >= 11 is 0. The Labute approximate surface area is 145 Å². The molecule has 1 saturated carbocycles. The quantitative estimate of drug-likeness (QED) is 0.901. The number of carboxylic acids is 1. The van der Waals surface area contributed by atoms with Crippen LogP contribution in [0, 0.1) is 5.92 Å². The van der Waals surface area contributed by atoms with Crippen LogP contribution in [0.1, 0.15) is 36.3 Å². The average molecular weight is 337 g/mol. The van der Waals surface area contributed by atoms with Crippen LogP contribution >= 0.6 is 0 Å². The number of ether oxygens (including phenoxy) is 1. The molecule has 2 N–H and O–H groups in total. The van der Waals surface area contributed by atoms with E-state index in [9.17, 15) is 9.59 Å². The van der Waals surface area contributed by atoms with Crippen LogP contribution in [0.2, 0.25) is 0 Å². The molecule has 0 unspecified atom stereocenters. The topological polar surface area (TPSA) is 75.6 Å². The normalized spacial score (nSPS) is 21.8. The second-order valence-corrected chi connectivity index (χ2v) is 6.66. The van der Waals surface area contributed by atoms with E-state index in [0.717, 1.165) is 11.1 Å². The summed E-state index contributed by atoms with van der Waals surface area (Å²) in [5.41, 5.74) is 1.68. The van der Waals surface area contributed by atoms with Gasteiger partial charge in [0.15, 0.2) is 0 Å². The van der Waals surface area contributed by atoms with Gasteiger partial charge in [0, 0.05) is 17.2 Å². The highest BCUT2D eigenvalue weighted by atomic mass is 16.5. The third kappa shape index (κ3) is 2.86. The van der Waals surface area contributed by atoms with Crippen molar-refractivity contribution >= 4 is 11.9 Å². The van der Waals surface area contributed by atoms with E-state index in [2.05, 4.69) is 5.32 Å². The molecule has 1 fully saturated rings. The summed E-state index contributed by atoms with van der Waals surface area (Å²) < 4.78 is 5.92. The van der Waals surface area contributed by atoms with E-state index < -0.39 is 11.9 Å². The number of fused-ring (bicyclic) bond motifs is 2. The van der Waals surface area contributed by atoms with E-state index in [1.54, 1.807) is 0 Å². The van der Waals surface area contributed by atoms with Crippen LogP contribution in [0.25, 0.3) is 0 Å². The smallest absolute Gasteiger partial charge is 0.306 e. The molecule has 2 aliphatic rings. The molecular formula is C20H19NO4. The van der Waals surface area contributed by atoms with Crippen LogP contribution in [0.3, 0.4) is 0 Å². The van der Waals surface area contributed by atoms with Gasteiger partial charge in [-0.25, -0.2) is 0 Å². The number of amides is 1. The third-order valence-corrected chi connectivity index (χ3v) is 5.07. The number of carbonyl (C=O) groups excluding carboxylic acids is 1. The molecule has 1 amide bonds. The summed E-state index contributed by atoms with van der Waals surface area (Å²) in [6.07, 6.45) is 1.81. The van der Waals surface area contributed by atoms with Gasteiger partial charge < -0.3 is 15.2 Å². The van der Waals surface area contributed by atoms with Gasteiger partial charge in [-0.3, -0.25) is 9.59 Å². The highest BCUT2D eigenvalue weighted by molar-refractivity contribution is 5.90. The Hall–Kier alpha value is -2.82. The summed E-state index contributed by atoms with van der Waals surface area (Å²) in [6, 6.07) is 15.0. The molecule has 0 saturated heterocycles. The van der Waals surface area contributed by atoms with E-state index in [1.165, 1.54) is 0 Å². The molecule has 0 radical (unpaired) electrons. The molecule has 5 heteroatoms. The van der Waals surface area contributed by atoms with Crippen LogP contribution in [-0.2, 0) is 9.59 Å². The minimum atomic E-state index is -0.779. The predicted octanol–water partition coefficient (Wildman–Crippen LogP) is 3.29. The first-order chi connectivity index (χ1) is 12.1. The molecule has 5 nitrogen and oxygen atoms in total. The molecule has 1 aliphatic carbocycles. The number of aliphatic carboxylic acids is 1. The van der Waals surface area contributed by atoms with E-state index in [1.807, 2.05) is 48.5 Å². The molecule has 0 bridgehead atoms. The Morgan fingerprint density at radius 2 is 1.56 bits per heavy atom. The van der Waals surface area contributed by atoms with Gasteiger partial charge in [0.05, 0.1) is 11.8 Å². The van der Waals surface area contributed by atoms with E-state index in [4.69, 9.17) is 9.84 Å². The van der Waals surface area contributed by atoms with Gasteiger partial charge in [-0.15, -0.1) is 0 Å². The SMILES string of the molecule is O=C(N[C@@H]1CC[C@H](C(=O)O)C1)C1c2ccccc2Oc2ccccc21. The highest BCUT2D eigenvalue weighted by Crippen LogP contribution is 2.44. The summed E-state index contributed by atoms with van der Waals surface area (Å²) in [5.74, 6) is -0.297. The Bertz CT molecular complexity index is 786. The minimum Gasteiger partial charge on any atom is -0.481 e. The monoisotopic (exact) mass is 337 g/mol. The lowest BCUT2D eigenvalue weighted by Gasteiger charge is -2.28. The summed E-state index contributed by atoms with van der Waals surface area (Å²) in [6.45, 7) is 0. The standard InChI is InChI=1S/C20H19NO4/c22-19(21-13-10-9-12(11-13)20(23)24)18-14-5-1-3-7-16(14)25-17-8-4-2-6-15(17)18/h1-8,12-13,18H,9-11H2,(H,21,22)(H,23,24)/t12-,13+/m0/s1. The Kier molecular flexibility index (Phi) is 3.92. The minimum absolute atomic E-state index is 0.0873. The third-order valence-electron chi connectivity index (χ3n) is 5.07. The van der Waals surface area contributed by atoms with Crippen molar-refractivity contribution in [3.8, 4) is 11.5 Å². The van der Waals surface area contributed by atoms with Crippen LogP contribution in [0.15, 0.2) is 48.5 Å². The van der Waals surface area contributed by atoms with Crippen molar-refractivity contribution < 1.29 is 19.4 Å². The molecule has 1 aliphatic heterocycles. The van der Waals surface area contributed by atoms with Crippen molar-refractivity contribution in [2.75, 3.05) is 0 Å². The van der Waals surface area contributed by atoms with Gasteiger partial charge >= 0.3 is 5.97 Å². The van der Waals surface area contributed by atoms with Gasteiger partial charge in [-0.1, -0.05) is 36.4 Å². The molecule has 0 aromatic heterocycles. The van der Waals surface area contributed by atoms with Gasteiger partial charge in [0.1, 0.15) is 11.5 Å². The van der Waals surface area contributed by atoms with E-state index >= 15 is 0 Å². The van der Waals surface area contributed by atoms with E-state index in [-0.39, 0.29) is 17.9 Å². The average Bonchev–Trinajstić information content (AvgIpc) is 3.08. The summed E-state index contributed by atoms with van der Waals surface area (Å²) in [5, 5.41) is 12.2. The first-order valence-corrected chi connectivity index (χ1v) is 8.52. The number of benzene rings is 2. The maximum atomic E-state index is 13.0. The number of hydrogen-bond donors (Lipinski definition) is 2. The number of carboxylic acid groups (broad SMARTS) is 1. The van der Waals surface area contributed by atoms with Crippen molar-refractivity contribution in [3.63, 3.8) is 0 Å². The molecule has 128 valence electrons. The van der Waals surface area contributed by atoms with Crippen LogP contribution in [0.5, 0.6) is 11.5 Å². The Morgan fingerprint density at radius 1 is 0.960 bits per heavy atom. The van der Waals surface area contributed by atoms with Crippen LogP contribution < -0.4 is 10.1 Å². The van der Waals surface area contributed by atoms with Gasteiger partial charge in [0.2, 0.25) is 5.91 Å². The molecule has 4 rings (SSSR count). The summed E-state index contributed by atoms with van der Waals surface area (Å²) in [4.78, 5) is 24.2. The molecule has 2 aromatic rings. The van der Waals surface area contributed by atoms with Crippen molar-refractivity contribution in [1.29, 1.82) is 0 Å². The molecular weight excluding hydrogens is 318 g/mol. The maximum absolute atomic E-state index is 13.0. The van der Waals surface area contributed by atoms with Crippen molar-refractivity contribution in [3.05, 3.63) is 59.7 Å². The van der Waals surface area contributed by atoms with Crippen LogP contribution in [0.4, 0.5) is 0 Å². The number of rotatable bonds is 3. The summed E-state index contributed by atoms with van der Waals surface area (Å²) in [7, 11) is 0. The fraction of sp³-hybridized carbons (Fsp3) is 0.300. The molecule has 25 heavy (non-hydrogen) atoms. The fourth-order valence-electron chi connectivity index (χ4n) is 3.81. The van der Waals surface area contributed by atoms with Gasteiger partial charge in [-0.2, -0.15) is 0 Å². The fourth-order valence-corrected chi connectivity index (χ4v) is 3.81. The zero-order valence-electron chi connectivity index (χ0n) is 13.6. The molecule has 0 spiro atoms. The van der Waals surface area contributed by atoms with Crippen molar-refractivity contribution in [2.24, 2.45) is 5.92 Å². The van der Waals surface area contributed by atoms with Crippen molar-refractivity contribution in [2.45, 2.75) is 31.2 Å². The Balaban J connectivity index is 1.61. The largest absolute Gasteiger partial charge is 0.481 e. The van der Waals surface area contributed by atoms with Crippen molar-refractivity contribution in [1.82, 2.24) is 5.32 Å². The molecule has 2 aromatic carbocycles. The number of hydrogen-bond acceptors (Lipinski definition) is 3. The zero-order valence-corrected chi connectivity index (χ0v) is 13.6. The lowest BCUT2D eigenvalue weighted by Crippen LogP contribution is -2.38. The first kappa shape index (κ1) is 15.7. The Morgan fingerprint density at radius 3 is 2.12 bits per heavy atom.